The van der Waals surface area contributed by atoms with Gasteiger partial charge in [0.1, 0.15) is 6.54 Å². The molecule has 0 saturated heterocycles. The summed E-state index contributed by atoms with van der Waals surface area (Å²) < 4.78 is 3.69. The molecule has 48 heavy (non-hydrogen) atoms. The summed E-state index contributed by atoms with van der Waals surface area (Å²) in [6, 6.07) is 28.5. The average Bonchev–Trinajstić information content (AvgIpc) is 3.42. The Morgan fingerprint density at radius 3 is 2.31 bits per heavy atom. The summed E-state index contributed by atoms with van der Waals surface area (Å²) in [5, 5.41) is 2.62. The second-order valence-corrected chi connectivity index (χ2v) is 16.1. The predicted molar refractivity (Wildman–Crippen MR) is 208 cm³/mol. The Morgan fingerprint density at radius 2 is 1.60 bits per heavy atom. The lowest BCUT2D eigenvalue weighted by Gasteiger charge is -2.31. The number of fused-ring (bicyclic) bond motifs is 4. The Morgan fingerprint density at radius 1 is 0.875 bits per heavy atom. The Bertz CT molecular complexity index is 1970. The molecule has 2 heterocycles. The molecule has 6 rings (SSSR count). The van der Waals surface area contributed by atoms with E-state index in [4.69, 9.17) is 6.57 Å². The summed E-state index contributed by atoms with van der Waals surface area (Å²) in [4.78, 5) is 6.39. The van der Waals surface area contributed by atoms with E-state index in [0.717, 1.165) is 36.8 Å². The van der Waals surface area contributed by atoms with Crippen molar-refractivity contribution in [2.24, 2.45) is 11.8 Å². The van der Waals surface area contributed by atoms with Gasteiger partial charge in [-0.05, 0) is 92.3 Å². The molecule has 0 N–H and O–H groups in total. The van der Waals surface area contributed by atoms with Crippen LogP contribution in [0.2, 0.25) is 0 Å². The minimum absolute atomic E-state index is 0.132. The van der Waals surface area contributed by atoms with Gasteiger partial charge in [-0.2, -0.15) is 4.58 Å². The van der Waals surface area contributed by atoms with Gasteiger partial charge in [0.25, 0.3) is 0 Å². The summed E-state index contributed by atoms with van der Waals surface area (Å²) in [6.07, 6.45) is 10.1. The Labute approximate surface area is 296 Å². The monoisotopic (exact) mass is 698 g/mol. The van der Waals surface area contributed by atoms with Crippen molar-refractivity contribution in [2.75, 3.05) is 18.0 Å². The molecule has 246 valence electrons. The van der Waals surface area contributed by atoms with Crippen LogP contribution in [0.1, 0.15) is 78.0 Å². The van der Waals surface area contributed by atoms with E-state index in [0.29, 0.717) is 17.5 Å². The number of benzene rings is 4. The third-order valence-corrected chi connectivity index (χ3v) is 11.0. The molecule has 1 atom stereocenters. The van der Waals surface area contributed by atoms with Crippen LogP contribution in [0, 0.1) is 18.4 Å². The van der Waals surface area contributed by atoms with E-state index in [9.17, 15) is 0 Å². The number of anilines is 1. The SMILES string of the molecule is [C-]#[N+]c1ccc2c(c1)C(C)(Cc1ccc(Br)cc1)C(=CC=CC1=[N+](CCC(C)C)c3c(ccc4ccccc34)C1(C)C)N2CCC(C)C. The minimum atomic E-state index is -0.294. The topological polar surface area (TPSA) is 10.6 Å². The molecule has 0 bridgehead atoms. The zero-order chi connectivity index (χ0) is 34.2. The smallest absolute Gasteiger partial charge is 0.217 e. The first-order chi connectivity index (χ1) is 22.9. The van der Waals surface area contributed by atoms with Crippen molar-refractivity contribution >= 4 is 49.5 Å². The zero-order valence-corrected chi connectivity index (χ0v) is 31.2. The van der Waals surface area contributed by atoms with Gasteiger partial charge in [0.2, 0.25) is 5.69 Å². The van der Waals surface area contributed by atoms with Gasteiger partial charge in [-0.1, -0.05) is 104 Å². The molecule has 0 radical (unpaired) electrons. The number of hydrogen-bond donors (Lipinski definition) is 0. The van der Waals surface area contributed by atoms with Crippen molar-refractivity contribution in [3.63, 3.8) is 0 Å². The number of allylic oxidation sites excluding steroid dienone is 4. The van der Waals surface area contributed by atoms with Gasteiger partial charge < -0.3 is 4.90 Å². The first kappa shape index (κ1) is 33.9. The van der Waals surface area contributed by atoms with E-state index in [1.54, 1.807) is 0 Å². The van der Waals surface area contributed by atoms with Crippen molar-refractivity contribution < 1.29 is 4.58 Å². The van der Waals surface area contributed by atoms with Crippen molar-refractivity contribution in [2.45, 2.75) is 78.6 Å². The lowest BCUT2D eigenvalue weighted by atomic mass is 9.76. The van der Waals surface area contributed by atoms with E-state index in [1.807, 2.05) is 6.07 Å². The molecule has 0 aliphatic carbocycles. The molecule has 0 aromatic heterocycles. The predicted octanol–water partition coefficient (Wildman–Crippen LogP) is 12.1. The molecule has 2 aliphatic rings. The summed E-state index contributed by atoms with van der Waals surface area (Å²) in [7, 11) is 0. The fourth-order valence-electron chi connectivity index (χ4n) is 7.73. The molecule has 3 nitrogen and oxygen atoms in total. The van der Waals surface area contributed by atoms with Crippen molar-refractivity contribution in [3.8, 4) is 0 Å². The molecular weight excluding hydrogens is 650 g/mol. The van der Waals surface area contributed by atoms with Crippen LogP contribution in [0.3, 0.4) is 0 Å². The highest BCUT2D eigenvalue weighted by molar-refractivity contribution is 9.10. The summed E-state index contributed by atoms with van der Waals surface area (Å²) in [6.45, 7) is 26.1. The largest absolute Gasteiger partial charge is 0.344 e. The van der Waals surface area contributed by atoms with Gasteiger partial charge >= 0.3 is 0 Å². The van der Waals surface area contributed by atoms with E-state index < -0.39 is 0 Å². The number of halogens is 1. The standard InChI is InChI=1S/C44H49BrN3/c1-30(2)24-26-47-39-23-21-35(46-8)28-38(39)44(7,29-32-16-19-34(45)20-17-32)41(47)15-11-14-40-43(5,6)37-22-18-33-12-9-10-13-36(33)42(37)48(40)27-25-31(3)4/h9-23,28,30-31H,24-27,29H2,1-7H3/q+1. The van der Waals surface area contributed by atoms with E-state index in [-0.39, 0.29) is 10.8 Å². The molecule has 0 saturated carbocycles. The number of hydrogen-bond acceptors (Lipinski definition) is 1. The van der Waals surface area contributed by atoms with Gasteiger partial charge in [0, 0.05) is 45.9 Å². The van der Waals surface area contributed by atoms with Crippen LogP contribution in [0.15, 0.2) is 107 Å². The highest BCUT2D eigenvalue weighted by atomic mass is 79.9. The highest BCUT2D eigenvalue weighted by Crippen LogP contribution is 2.51. The molecule has 1 unspecified atom stereocenters. The van der Waals surface area contributed by atoms with E-state index in [2.05, 4.69) is 170 Å². The Balaban J connectivity index is 1.50. The van der Waals surface area contributed by atoms with Crippen LogP contribution < -0.4 is 4.90 Å². The lowest BCUT2D eigenvalue weighted by Crippen LogP contribution is -2.31. The maximum Gasteiger partial charge on any atom is 0.217 e. The highest BCUT2D eigenvalue weighted by Gasteiger charge is 2.46. The summed E-state index contributed by atoms with van der Waals surface area (Å²) >= 11 is 3.63. The van der Waals surface area contributed by atoms with Crippen LogP contribution in [0.25, 0.3) is 15.6 Å². The maximum atomic E-state index is 7.82. The van der Waals surface area contributed by atoms with Crippen molar-refractivity contribution in [1.82, 2.24) is 0 Å². The second kappa shape index (κ2) is 13.5. The van der Waals surface area contributed by atoms with Crippen molar-refractivity contribution in [1.29, 1.82) is 0 Å². The van der Waals surface area contributed by atoms with Gasteiger partial charge in [0.05, 0.1) is 17.4 Å². The van der Waals surface area contributed by atoms with Crippen LogP contribution in [-0.4, -0.2) is 23.4 Å². The first-order valence-corrected chi connectivity index (χ1v) is 18.3. The molecule has 4 heteroatoms. The lowest BCUT2D eigenvalue weighted by molar-refractivity contribution is -0.437. The minimum Gasteiger partial charge on any atom is -0.344 e. The zero-order valence-electron chi connectivity index (χ0n) is 29.6. The van der Waals surface area contributed by atoms with Crippen LogP contribution >= 0.6 is 15.9 Å². The van der Waals surface area contributed by atoms with Crippen LogP contribution in [0.5, 0.6) is 0 Å². The van der Waals surface area contributed by atoms with E-state index in [1.165, 1.54) is 50.2 Å². The van der Waals surface area contributed by atoms with Crippen molar-refractivity contribution in [3.05, 3.63) is 135 Å². The summed E-state index contributed by atoms with van der Waals surface area (Å²) in [5.41, 5.74) is 9.44. The molecular formula is C44H49BrN3+. The fourth-order valence-corrected chi connectivity index (χ4v) is 7.99. The first-order valence-electron chi connectivity index (χ1n) is 17.5. The molecule has 4 aromatic rings. The Kier molecular flexibility index (Phi) is 9.56. The third-order valence-electron chi connectivity index (χ3n) is 10.5. The van der Waals surface area contributed by atoms with Gasteiger partial charge in [0.15, 0.2) is 11.4 Å². The third kappa shape index (κ3) is 6.30. The van der Waals surface area contributed by atoms with Gasteiger partial charge in [-0.15, -0.1) is 0 Å². The Hall–Kier alpha value is -3.94. The van der Waals surface area contributed by atoms with Gasteiger partial charge in [-0.3, -0.25) is 0 Å². The normalized spacial score (nSPS) is 19.3. The fraction of sp³-hybridized carbons (Fsp3) is 0.364. The number of rotatable bonds is 10. The maximum absolute atomic E-state index is 7.82. The van der Waals surface area contributed by atoms with Crippen LogP contribution in [-0.2, 0) is 17.3 Å². The van der Waals surface area contributed by atoms with E-state index >= 15 is 0 Å². The summed E-state index contributed by atoms with van der Waals surface area (Å²) in [5.74, 6) is 1.20. The van der Waals surface area contributed by atoms with Gasteiger partial charge in [-0.25, -0.2) is 4.85 Å². The van der Waals surface area contributed by atoms with Crippen LogP contribution in [0.4, 0.5) is 17.1 Å². The molecule has 0 amide bonds. The number of nitrogens with zero attached hydrogens (tertiary/aromatic N) is 3. The molecule has 0 spiro atoms. The molecule has 0 fully saturated rings. The quantitative estimate of drug-likeness (QED) is 0.118. The molecule has 4 aromatic carbocycles. The second-order valence-electron chi connectivity index (χ2n) is 15.2. The average molecular weight is 700 g/mol. The molecule has 2 aliphatic heterocycles.